The topological polar surface area (TPSA) is 64.6 Å². The van der Waals surface area contributed by atoms with Gasteiger partial charge >= 0.3 is 0 Å². The molecule has 1 aliphatic rings. The molecule has 1 amide bonds. The number of aliphatic hydroxyl groups is 1. The van der Waals surface area contributed by atoms with Crippen LogP contribution in [0.4, 0.5) is 0 Å². The Morgan fingerprint density at radius 2 is 2.21 bits per heavy atom. The molecule has 1 atom stereocenters. The van der Waals surface area contributed by atoms with Gasteiger partial charge in [0, 0.05) is 26.2 Å². The summed E-state index contributed by atoms with van der Waals surface area (Å²) in [4.78, 5) is 14.1. The summed E-state index contributed by atoms with van der Waals surface area (Å²) in [7, 11) is 0. The van der Waals surface area contributed by atoms with Crippen LogP contribution in [0.15, 0.2) is 0 Å². The summed E-state index contributed by atoms with van der Waals surface area (Å²) in [6.07, 6.45) is 4.05. The van der Waals surface area contributed by atoms with Gasteiger partial charge < -0.3 is 15.7 Å². The molecule has 1 heterocycles. The van der Waals surface area contributed by atoms with Crippen molar-refractivity contribution in [2.24, 2.45) is 5.92 Å². The third-order valence-electron chi connectivity index (χ3n) is 3.62. The van der Waals surface area contributed by atoms with Gasteiger partial charge in [0.15, 0.2) is 0 Å². The standard InChI is InChI=1S/C14H29N3O2/c1-2-4-13(5-10-18)11-16-14(19)12-17-8-3-6-15-7-9-17/h13,15,18H,2-12H2,1H3,(H,16,19). The number of nitrogens with one attached hydrogen (secondary N) is 2. The first-order valence-electron chi connectivity index (χ1n) is 7.57. The summed E-state index contributed by atoms with van der Waals surface area (Å²) in [6.45, 7) is 7.50. The third kappa shape index (κ3) is 7.50. The zero-order valence-corrected chi connectivity index (χ0v) is 12.2. The van der Waals surface area contributed by atoms with Crippen LogP contribution in [0.3, 0.4) is 0 Å². The largest absolute Gasteiger partial charge is 0.396 e. The molecular formula is C14H29N3O2. The summed E-state index contributed by atoms with van der Waals surface area (Å²) >= 11 is 0. The monoisotopic (exact) mass is 271 g/mol. The van der Waals surface area contributed by atoms with E-state index in [0.29, 0.717) is 19.0 Å². The van der Waals surface area contributed by atoms with Crippen molar-refractivity contribution in [3.8, 4) is 0 Å². The van der Waals surface area contributed by atoms with E-state index in [-0.39, 0.29) is 12.5 Å². The van der Waals surface area contributed by atoms with Crippen molar-refractivity contribution in [2.45, 2.75) is 32.6 Å². The molecule has 5 heteroatoms. The van der Waals surface area contributed by atoms with E-state index in [1.807, 2.05) is 0 Å². The van der Waals surface area contributed by atoms with Crippen LogP contribution in [0.1, 0.15) is 32.6 Å². The van der Waals surface area contributed by atoms with Gasteiger partial charge in [-0.3, -0.25) is 9.69 Å². The highest BCUT2D eigenvalue weighted by Gasteiger charge is 2.14. The van der Waals surface area contributed by atoms with Crippen LogP contribution in [0.2, 0.25) is 0 Å². The highest BCUT2D eigenvalue weighted by molar-refractivity contribution is 5.78. The van der Waals surface area contributed by atoms with Crippen molar-refractivity contribution in [3.05, 3.63) is 0 Å². The van der Waals surface area contributed by atoms with Gasteiger partial charge in [0.1, 0.15) is 0 Å². The van der Waals surface area contributed by atoms with E-state index in [1.165, 1.54) is 0 Å². The lowest BCUT2D eigenvalue weighted by atomic mass is 10.0. The molecule has 5 nitrogen and oxygen atoms in total. The molecule has 3 N–H and O–H groups in total. The smallest absolute Gasteiger partial charge is 0.234 e. The lowest BCUT2D eigenvalue weighted by Crippen LogP contribution is -2.40. The van der Waals surface area contributed by atoms with Crippen molar-refractivity contribution in [3.63, 3.8) is 0 Å². The van der Waals surface area contributed by atoms with Crippen LogP contribution >= 0.6 is 0 Å². The lowest BCUT2D eigenvalue weighted by molar-refractivity contribution is -0.122. The van der Waals surface area contributed by atoms with Crippen molar-refractivity contribution >= 4 is 5.91 Å². The summed E-state index contributed by atoms with van der Waals surface area (Å²) in [5.74, 6) is 0.519. The molecule has 0 spiro atoms. The zero-order valence-electron chi connectivity index (χ0n) is 12.2. The Labute approximate surface area is 116 Å². The molecule has 1 aliphatic heterocycles. The summed E-state index contributed by atoms with van der Waals surface area (Å²) in [5, 5.41) is 15.3. The Kier molecular flexibility index (Phi) is 8.79. The minimum absolute atomic E-state index is 0.112. The van der Waals surface area contributed by atoms with E-state index in [1.54, 1.807) is 0 Å². The SMILES string of the molecule is CCCC(CCO)CNC(=O)CN1CCCNCC1. The Hall–Kier alpha value is -0.650. The molecule has 0 aromatic carbocycles. The van der Waals surface area contributed by atoms with Crippen molar-refractivity contribution in [1.29, 1.82) is 0 Å². The molecule has 0 aliphatic carbocycles. The van der Waals surface area contributed by atoms with Crippen LogP contribution in [0.5, 0.6) is 0 Å². The second-order valence-corrected chi connectivity index (χ2v) is 5.35. The number of hydrogen-bond acceptors (Lipinski definition) is 4. The fourth-order valence-electron chi connectivity index (χ4n) is 2.52. The maximum atomic E-state index is 11.9. The molecule has 1 fully saturated rings. The Bertz CT molecular complexity index is 235. The van der Waals surface area contributed by atoms with E-state index in [2.05, 4.69) is 22.5 Å². The maximum Gasteiger partial charge on any atom is 0.234 e. The molecule has 0 radical (unpaired) electrons. The van der Waals surface area contributed by atoms with E-state index in [4.69, 9.17) is 5.11 Å². The second kappa shape index (κ2) is 10.2. The quantitative estimate of drug-likeness (QED) is 0.590. The highest BCUT2D eigenvalue weighted by Crippen LogP contribution is 2.09. The maximum absolute atomic E-state index is 11.9. The lowest BCUT2D eigenvalue weighted by Gasteiger charge is -2.20. The van der Waals surface area contributed by atoms with Gasteiger partial charge in [-0.25, -0.2) is 0 Å². The summed E-state index contributed by atoms with van der Waals surface area (Å²) < 4.78 is 0. The number of amides is 1. The predicted octanol–water partition coefficient (Wildman–Crippen LogP) is 0.197. The molecule has 0 saturated carbocycles. The average molecular weight is 271 g/mol. The average Bonchev–Trinajstić information content (AvgIpc) is 2.65. The predicted molar refractivity (Wildman–Crippen MR) is 77.0 cm³/mol. The zero-order chi connectivity index (χ0) is 13.9. The van der Waals surface area contributed by atoms with Gasteiger partial charge in [0.2, 0.25) is 5.91 Å². The number of rotatable bonds is 8. The summed E-state index contributed by atoms with van der Waals surface area (Å²) in [5.41, 5.74) is 0. The Morgan fingerprint density at radius 3 is 2.95 bits per heavy atom. The fraction of sp³-hybridized carbons (Fsp3) is 0.929. The first kappa shape index (κ1) is 16.4. The van der Waals surface area contributed by atoms with E-state index >= 15 is 0 Å². The van der Waals surface area contributed by atoms with Gasteiger partial charge in [-0.2, -0.15) is 0 Å². The molecule has 1 rings (SSSR count). The van der Waals surface area contributed by atoms with Crippen LogP contribution in [-0.4, -0.2) is 61.8 Å². The molecule has 0 aromatic rings. The minimum atomic E-state index is 0.112. The number of carbonyl (C=O) groups is 1. The van der Waals surface area contributed by atoms with Crippen LogP contribution < -0.4 is 10.6 Å². The third-order valence-corrected chi connectivity index (χ3v) is 3.62. The molecule has 0 bridgehead atoms. The Morgan fingerprint density at radius 1 is 1.37 bits per heavy atom. The number of hydrogen-bond donors (Lipinski definition) is 3. The molecule has 0 aromatic heterocycles. The number of carbonyl (C=O) groups excluding carboxylic acids is 1. The number of aliphatic hydroxyl groups excluding tert-OH is 1. The molecule has 112 valence electrons. The van der Waals surface area contributed by atoms with E-state index in [9.17, 15) is 4.79 Å². The van der Waals surface area contributed by atoms with Gasteiger partial charge in [-0.15, -0.1) is 0 Å². The van der Waals surface area contributed by atoms with E-state index in [0.717, 1.165) is 51.9 Å². The first-order chi connectivity index (χ1) is 9.26. The van der Waals surface area contributed by atoms with Crippen molar-refractivity contribution in [1.82, 2.24) is 15.5 Å². The second-order valence-electron chi connectivity index (χ2n) is 5.35. The summed E-state index contributed by atoms with van der Waals surface area (Å²) in [6, 6.07) is 0. The molecular weight excluding hydrogens is 242 g/mol. The van der Waals surface area contributed by atoms with Gasteiger partial charge in [-0.1, -0.05) is 13.3 Å². The van der Waals surface area contributed by atoms with Crippen LogP contribution in [0, 0.1) is 5.92 Å². The van der Waals surface area contributed by atoms with Crippen molar-refractivity contribution in [2.75, 3.05) is 45.9 Å². The number of nitrogens with zero attached hydrogens (tertiary/aromatic N) is 1. The Balaban J connectivity index is 2.21. The highest BCUT2D eigenvalue weighted by atomic mass is 16.3. The molecule has 1 saturated heterocycles. The molecule has 1 unspecified atom stereocenters. The van der Waals surface area contributed by atoms with Gasteiger partial charge in [0.25, 0.3) is 0 Å². The van der Waals surface area contributed by atoms with Gasteiger partial charge in [-0.05, 0) is 38.3 Å². The fourth-order valence-corrected chi connectivity index (χ4v) is 2.52. The van der Waals surface area contributed by atoms with E-state index < -0.39 is 0 Å². The van der Waals surface area contributed by atoms with Crippen LogP contribution in [-0.2, 0) is 4.79 Å². The minimum Gasteiger partial charge on any atom is -0.396 e. The van der Waals surface area contributed by atoms with Crippen LogP contribution in [0.25, 0.3) is 0 Å². The normalized spacial score (nSPS) is 18.8. The molecule has 19 heavy (non-hydrogen) atoms. The van der Waals surface area contributed by atoms with Gasteiger partial charge in [0.05, 0.1) is 6.54 Å². The van der Waals surface area contributed by atoms with Crippen molar-refractivity contribution < 1.29 is 9.90 Å². The first-order valence-corrected chi connectivity index (χ1v) is 7.57.